The third-order valence-electron chi connectivity index (χ3n) is 3.21. The van der Waals surface area contributed by atoms with Crippen molar-refractivity contribution in [3.8, 4) is 0 Å². The van der Waals surface area contributed by atoms with E-state index in [1.54, 1.807) is 5.38 Å². The minimum absolute atomic E-state index is 0.336. The first-order valence-electron chi connectivity index (χ1n) is 6.52. The van der Waals surface area contributed by atoms with Gasteiger partial charge in [0.15, 0.2) is 10.8 Å². The highest BCUT2D eigenvalue weighted by Gasteiger charge is 2.10. The van der Waals surface area contributed by atoms with Crippen molar-refractivity contribution in [2.45, 2.75) is 6.54 Å². The molecule has 4 nitrogen and oxygen atoms in total. The number of aromatic nitrogens is 1. The molecule has 0 aliphatic heterocycles. The SMILES string of the molecule is COC(=O)c1csc(NCc2cccc3ccccc23)n1. The molecule has 3 aromatic rings. The average Bonchev–Trinajstić information content (AvgIpc) is 3.01. The van der Waals surface area contributed by atoms with E-state index in [1.165, 1.54) is 34.8 Å². The van der Waals surface area contributed by atoms with Crippen LogP contribution in [0.15, 0.2) is 47.8 Å². The van der Waals surface area contributed by atoms with E-state index < -0.39 is 5.97 Å². The van der Waals surface area contributed by atoms with Crippen LogP contribution >= 0.6 is 11.3 Å². The molecule has 0 aliphatic carbocycles. The van der Waals surface area contributed by atoms with E-state index in [1.807, 2.05) is 18.2 Å². The number of thiazole rings is 1. The number of hydrogen-bond acceptors (Lipinski definition) is 5. The van der Waals surface area contributed by atoms with Crippen LogP contribution in [0.4, 0.5) is 5.13 Å². The largest absolute Gasteiger partial charge is 0.464 e. The van der Waals surface area contributed by atoms with E-state index in [2.05, 4.69) is 39.3 Å². The van der Waals surface area contributed by atoms with E-state index in [4.69, 9.17) is 0 Å². The van der Waals surface area contributed by atoms with Crippen LogP contribution in [-0.4, -0.2) is 18.1 Å². The number of carbonyl (C=O) groups is 1. The van der Waals surface area contributed by atoms with Crippen molar-refractivity contribution in [3.63, 3.8) is 0 Å². The van der Waals surface area contributed by atoms with Gasteiger partial charge >= 0.3 is 5.97 Å². The highest BCUT2D eigenvalue weighted by molar-refractivity contribution is 7.13. The van der Waals surface area contributed by atoms with Crippen LogP contribution in [-0.2, 0) is 11.3 Å². The molecule has 0 unspecified atom stereocenters. The lowest BCUT2D eigenvalue weighted by atomic mass is 10.0. The highest BCUT2D eigenvalue weighted by atomic mass is 32.1. The molecule has 0 spiro atoms. The fraction of sp³-hybridized carbons (Fsp3) is 0.125. The molecule has 0 saturated heterocycles. The van der Waals surface area contributed by atoms with Gasteiger partial charge in [-0.05, 0) is 16.3 Å². The summed E-state index contributed by atoms with van der Waals surface area (Å²) in [4.78, 5) is 15.6. The van der Waals surface area contributed by atoms with E-state index in [9.17, 15) is 4.79 Å². The lowest BCUT2D eigenvalue weighted by molar-refractivity contribution is 0.0595. The standard InChI is InChI=1S/C16H14N2O2S/c1-20-15(19)14-10-21-16(18-14)17-9-12-7-4-6-11-5-2-3-8-13(11)12/h2-8,10H,9H2,1H3,(H,17,18). The zero-order valence-corrected chi connectivity index (χ0v) is 12.3. The van der Waals surface area contributed by atoms with Gasteiger partial charge in [-0.2, -0.15) is 0 Å². The Morgan fingerprint density at radius 3 is 2.90 bits per heavy atom. The van der Waals surface area contributed by atoms with Crippen LogP contribution in [0.3, 0.4) is 0 Å². The maximum Gasteiger partial charge on any atom is 0.357 e. The number of methoxy groups -OCH3 is 1. The summed E-state index contributed by atoms with van der Waals surface area (Å²) in [6.45, 7) is 0.662. The molecule has 0 aliphatic rings. The lowest BCUT2D eigenvalue weighted by Crippen LogP contribution is -2.03. The summed E-state index contributed by atoms with van der Waals surface area (Å²) < 4.78 is 4.65. The molecule has 1 heterocycles. The van der Waals surface area contributed by atoms with Crippen molar-refractivity contribution in [1.29, 1.82) is 0 Å². The summed E-state index contributed by atoms with van der Waals surface area (Å²) in [5, 5.41) is 8.09. The Bertz CT molecular complexity index is 777. The predicted octanol–water partition coefficient (Wildman–Crippen LogP) is 3.70. The Morgan fingerprint density at radius 1 is 1.24 bits per heavy atom. The Hall–Kier alpha value is -2.40. The van der Waals surface area contributed by atoms with Crippen molar-refractivity contribution >= 4 is 33.2 Å². The van der Waals surface area contributed by atoms with Crippen LogP contribution in [0.25, 0.3) is 10.8 Å². The quantitative estimate of drug-likeness (QED) is 0.746. The van der Waals surface area contributed by atoms with Crippen LogP contribution in [0, 0.1) is 0 Å². The molecule has 0 atom stereocenters. The molecule has 0 radical (unpaired) electrons. The first kappa shape index (κ1) is 13.6. The minimum atomic E-state index is -0.413. The summed E-state index contributed by atoms with van der Waals surface area (Å²) in [7, 11) is 1.35. The molecule has 0 fully saturated rings. The molecule has 5 heteroatoms. The van der Waals surface area contributed by atoms with Gasteiger partial charge in [-0.25, -0.2) is 9.78 Å². The molecule has 0 saturated carbocycles. The Kier molecular flexibility index (Phi) is 3.83. The zero-order chi connectivity index (χ0) is 14.7. The Labute approximate surface area is 126 Å². The Morgan fingerprint density at radius 2 is 2.05 bits per heavy atom. The summed E-state index contributed by atoms with van der Waals surface area (Å²) in [5.41, 5.74) is 1.53. The Balaban J connectivity index is 1.77. The number of nitrogens with one attached hydrogen (secondary N) is 1. The van der Waals surface area contributed by atoms with Crippen molar-refractivity contribution in [2.75, 3.05) is 12.4 Å². The second-order valence-corrected chi connectivity index (χ2v) is 5.38. The van der Waals surface area contributed by atoms with E-state index in [-0.39, 0.29) is 0 Å². The number of rotatable bonds is 4. The van der Waals surface area contributed by atoms with Gasteiger partial charge in [0, 0.05) is 11.9 Å². The number of carbonyl (C=O) groups excluding carboxylic acids is 1. The maximum atomic E-state index is 11.4. The van der Waals surface area contributed by atoms with Crippen LogP contribution in [0.1, 0.15) is 16.1 Å². The maximum absolute atomic E-state index is 11.4. The van der Waals surface area contributed by atoms with Crippen LogP contribution in [0.5, 0.6) is 0 Å². The number of esters is 1. The minimum Gasteiger partial charge on any atom is -0.464 e. The lowest BCUT2D eigenvalue weighted by Gasteiger charge is -2.07. The number of nitrogens with zero attached hydrogens (tertiary/aromatic N) is 1. The number of benzene rings is 2. The van der Waals surface area contributed by atoms with Crippen LogP contribution in [0.2, 0.25) is 0 Å². The number of anilines is 1. The summed E-state index contributed by atoms with van der Waals surface area (Å²) in [6, 6.07) is 14.5. The van der Waals surface area contributed by atoms with Gasteiger partial charge in [0.05, 0.1) is 7.11 Å². The molecule has 1 aromatic heterocycles. The molecular weight excluding hydrogens is 284 g/mol. The third kappa shape index (κ3) is 2.87. The molecule has 0 amide bonds. The number of hydrogen-bond donors (Lipinski definition) is 1. The molecule has 1 N–H and O–H groups in total. The van der Waals surface area contributed by atoms with Gasteiger partial charge < -0.3 is 10.1 Å². The topological polar surface area (TPSA) is 51.2 Å². The number of fused-ring (bicyclic) bond motifs is 1. The van der Waals surface area contributed by atoms with Gasteiger partial charge in [-0.3, -0.25) is 0 Å². The normalized spacial score (nSPS) is 10.5. The zero-order valence-electron chi connectivity index (χ0n) is 11.5. The fourth-order valence-corrected chi connectivity index (χ4v) is 2.85. The van der Waals surface area contributed by atoms with Crippen LogP contribution < -0.4 is 5.32 Å². The highest BCUT2D eigenvalue weighted by Crippen LogP contribution is 2.21. The van der Waals surface area contributed by atoms with E-state index in [0.717, 1.165) is 0 Å². The summed E-state index contributed by atoms with van der Waals surface area (Å²) in [6.07, 6.45) is 0. The molecule has 106 valence electrons. The molecule has 3 rings (SSSR count). The van der Waals surface area contributed by atoms with Crippen molar-refractivity contribution in [2.24, 2.45) is 0 Å². The van der Waals surface area contributed by atoms with E-state index in [0.29, 0.717) is 17.4 Å². The van der Waals surface area contributed by atoms with Crippen molar-refractivity contribution in [1.82, 2.24) is 4.98 Å². The second-order valence-electron chi connectivity index (χ2n) is 4.52. The van der Waals surface area contributed by atoms with Gasteiger partial charge in [-0.15, -0.1) is 11.3 Å². The van der Waals surface area contributed by atoms with Gasteiger partial charge in [-0.1, -0.05) is 42.5 Å². The molecule has 21 heavy (non-hydrogen) atoms. The number of ether oxygens (including phenoxy) is 1. The monoisotopic (exact) mass is 298 g/mol. The first-order chi connectivity index (χ1) is 10.3. The predicted molar refractivity (Wildman–Crippen MR) is 84.7 cm³/mol. The van der Waals surface area contributed by atoms with Crippen molar-refractivity contribution in [3.05, 3.63) is 59.1 Å². The molecular formula is C16H14N2O2S. The summed E-state index contributed by atoms with van der Waals surface area (Å²) >= 11 is 1.39. The van der Waals surface area contributed by atoms with Gasteiger partial charge in [0.1, 0.15) is 0 Å². The molecule has 2 aromatic carbocycles. The summed E-state index contributed by atoms with van der Waals surface area (Å²) in [5.74, 6) is -0.413. The molecule has 0 bridgehead atoms. The second kappa shape index (κ2) is 5.93. The van der Waals surface area contributed by atoms with E-state index >= 15 is 0 Å². The van der Waals surface area contributed by atoms with Gasteiger partial charge in [0.25, 0.3) is 0 Å². The fourth-order valence-electron chi connectivity index (χ4n) is 2.17. The third-order valence-corrected chi connectivity index (χ3v) is 4.01. The smallest absolute Gasteiger partial charge is 0.357 e. The first-order valence-corrected chi connectivity index (χ1v) is 7.40. The average molecular weight is 298 g/mol. The van der Waals surface area contributed by atoms with Gasteiger partial charge in [0.2, 0.25) is 0 Å². The van der Waals surface area contributed by atoms with Crippen molar-refractivity contribution < 1.29 is 9.53 Å².